The molecular formula is C20H18O4S. The van der Waals surface area contributed by atoms with Crippen LogP contribution in [0, 0.1) is 6.92 Å². The van der Waals surface area contributed by atoms with Crippen molar-refractivity contribution in [1.82, 2.24) is 0 Å². The minimum Gasteiger partial charge on any atom is -0.291 e. The molecule has 0 aliphatic heterocycles. The number of aryl methyl sites for hydroxylation is 1. The summed E-state index contributed by atoms with van der Waals surface area (Å²) < 4.78 is 30.5. The van der Waals surface area contributed by atoms with Gasteiger partial charge in [-0.1, -0.05) is 66.2 Å². The molecular weight excluding hydrogens is 336 g/mol. The van der Waals surface area contributed by atoms with Crippen molar-refractivity contribution in [2.45, 2.75) is 24.8 Å². The van der Waals surface area contributed by atoms with Crippen LogP contribution >= 0.6 is 0 Å². The van der Waals surface area contributed by atoms with E-state index in [0.29, 0.717) is 10.9 Å². The maximum atomic E-state index is 12.7. The van der Waals surface area contributed by atoms with E-state index < -0.39 is 16.2 Å². The Morgan fingerprint density at radius 1 is 0.920 bits per heavy atom. The highest BCUT2D eigenvalue weighted by molar-refractivity contribution is 7.87. The molecule has 0 saturated carbocycles. The lowest BCUT2D eigenvalue weighted by Crippen LogP contribution is -2.24. The Bertz CT molecular complexity index is 1020. The van der Waals surface area contributed by atoms with E-state index in [1.165, 1.54) is 13.0 Å². The second-order valence-corrected chi connectivity index (χ2v) is 7.44. The number of Topliss-reactive ketones (excluding diaryl/α,β-unsaturated/α-hetero) is 1. The molecule has 0 aliphatic carbocycles. The smallest absolute Gasteiger partial charge is 0.291 e. The second-order valence-electron chi connectivity index (χ2n) is 5.90. The highest BCUT2D eigenvalue weighted by atomic mass is 32.2. The standard InChI is InChI=1S/C20H18O4S/c1-14-10-12-17(13-11-14)20(21)15(2)24-25(22,23)19-9-5-7-16-6-3-4-8-18(16)19/h3-13,15H,1-2H3/t15-/m1/s1. The van der Waals surface area contributed by atoms with Gasteiger partial charge in [0.05, 0.1) is 0 Å². The molecule has 0 unspecified atom stereocenters. The lowest BCUT2D eigenvalue weighted by Gasteiger charge is -2.14. The van der Waals surface area contributed by atoms with E-state index in [1.807, 2.05) is 25.1 Å². The Kier molecular flexibility index (Phi) is 4.70. The normalized spacial score (nSPS) is 12.9. The van der Waals surface area contributed by atoms with Crippen molar-refractivity contribution >= 4 is 26.7 Å². The SMILES string of the molecule is Cc1ccc(C(=O)[C@@H](C)OS(=O)(=O)c2cccc3ccccc23)cc1. The number of hydrogen-bond donors (Lipinski definition) is 0. The third-order valence-electron chi connectivity index (χ3n) is 4.00. The summed E-state index contributed by atoms with van der Waals surface area (Å²) >= 11 is 0. The number of fused-ring (bicyclic) bond motifs is 1. The van der Waals surface area contributed by atoms with Crippen LogP contribution in [0.1, 0.15) is 22.8 Å². The molecule has 5 heteroatoms. The van der Waals surface area contributed by atoms with Crippen molar-refractivity contribution in [3.63, 3.8) is 0 Å². The predicted octanol–water partition coefficient (Wildman–Crippen LogP) is 4.12. The minimum absolute atomic E-state index is 0.0640. The molecule has 3 aromatic rings. The highest BCUT2D eigenvalue weighted by Crippen LogP contribution is 2.25. The van der Waals surface area contributed by atoms with Crippen LogP contribution in [0.15, 0.2) is 71.6 Å². The summed E-state index contributed by atoms with van der Waals surface area (Å²) in [6.07, 6.45) is -1.10. The molecule has 0 fully saturated rings. The van der Waals surface area contributed by atoms with Crippen LogP contribution in [-0.4, -0.2) is 20.3 Å². The first-order chi connectivity index (χ1) is 11.9. The highest BCUT2D eigenvalue weighted by Gasteiger charge is 2.26. The minimum atomic E-state index is -4.07. The number of benzene rings is 3. The monoisotopic (exact) mass is 354 g/mol. The van der Waals surface area contributed by atoms with Crippen LogP contribution < -0.4 is 0 Å². The van der Waals surface area contributed by atoms with Gasteiger partial charge < -0.3 is 0 Å². The summed E-state index contributed by atoms with van der Waals surface area (Å²) in [4.78, 5) is 12.5. The van der Waals surface area contributed by atoms with E-state index in [1.54, 1.807) is 42.5 Å². The van der Waals surface area contributed by atoms with Gasteiger partial charge in [0.1, 0.15) is 11.0 Å². The predicted molar refractivity (Wildman–Crippen MR) is 97.2 cm³/mol. The maximum absolute atomic E-state index is 12.7. The van der Waals surface area contributed by atoms with E-state index >= 15 is 0 Å². The van der Waals surface area contributed by atoms with Crippen molar-refractivity contribution in [3.8, 4) is 0 Å². The van der Waals surface area contributed by atoms with Crippen molar-refractivity contribution in [2.75, 3.05) is 0 Å². The van der Waals surface area contributed by atoms with Crippen LogP contribution in [0.4, 0.5) is 0 Å². The summed E-state index contributed by atoms with van der Waals surface area (Å²) in [5.41, 5.74) is 1.44. The van der Waals surface area contributed by atoms with Gasteiger partial charge in [0.25, 0.3) is 10.1 Å². The average molecular weight is 354 g/mol. The largest absolute Gasteiger partial charge is 0.298 e. The summed E-state index contributed by atoms with van der Waals surface area (Å²) in [7, 11) is -4.07. The first-order valence-corrected chi connectivity index (χ1v) is 9.31. The summed E-state index contributed by atoms with van der Waals surface area (Å²) in [6, 6.07) is 19.1. The average Bonchev–Trinajstić information content (AvgIpc) is 2.61. The molecule has 128 valence electrons. The molecule has 0 aliphatic rings. The molecule has 0 amide bonds. The van der Waals surface area contributed by atoms with Crippen molar-refractivity contribution in [1.29, 1.82) is 0 Å². The first-order valence-electron chi connectivity index (χ1n) is 7.90. The lowest BCUT2D eigenvalue weighted by atomic mass is 10.1. The fraction of sp³-hybridized carbons (Fsp3) is 0.150. The molecule has 0 saturated heterocycles. The molecule has 0 bridgehead atoms. The molecule has 3 aromatic carbocycles. The Morgan fingerprint density at radius 2 is 1.56 bits per heavy atom. The van der Waals surface area contributed by atoms with Crippen molar-refractivity contribution in [3.05, 3.63) is 77.9 Å². The number of carbonyl (C=O) groups is 1. The Morgan fingerprint density at radius 3 is 2.28 bits per heavy atom. The molecule has 0 spiro atoms. The van der Waals surface area contributed by atoms with Crippen LogP contribution in [0.3, 0.4) is 0 Å². The van der Waals surface area contributed by atoms with Gasteiger partial charge in [-0.15, -0.1) is 0 Å². The van der Waals surface area contributed by atoms with E-state index in [-0.39, 0.29) is 10.7 Å². The summed E-state index contributed by atoms with van der Waals surface area (Å²) in [5, 5.41) is 1.37. The zero-order valence-corrected chi connectivity index (χ0v) is 14.8. The molecule has 25 heavy (non-hydrogen) atoms. The van der Waals surface area contributed by atoms with Crippen molar-refractivity contribution < 1.29 is 17.4 Å². The Hall–Kier alpha value is -2.50. The molecule has 4 nitrogen and oxygen atoms in total. The summed E-state index contributed by atoms with van der Waals surface area (Å²) in [5.74, 6) is -0.371. The van der Waals surface area contributed by atoms with Crippen LogP contribution in [0.2, 0.25) is 0 Å². The van der Waals surface area contributed by atoms with E-state index in [4.69, 9.17) is 4.18 Å². The van der Waals surface area contributed by atoms with Gasteiger partial charge in [-0.3, -0.25) is 8.98 Å². The summed E-state index contributed by atoms with van der Waals surface area (Å²) in [6.45, 7) is 3.37. The van der Waals surface area contributed by atoms with Gasteiger partial charge in [-0.05, 0) is 25.3 Å². The number of rotatable bonds is 5. The van der Waals surface area contributed by atoms with Gasteiger partial charge >= 0.3 is 0 Å². The van der Waals surface area contributed by atoms with Crippen LogP contribution in [0.25, 0.3) is 10.8 Å². The molecule has 0 heterocycles. The topological polar surface area (TPSA) is 60.4 Å². The number of ketones is 1. The fourth-order valence-corrected chi connectivity index (χ4v) is 3.92. The molecule has 1 atom stereocenters. The van der Waals surface area contributed by atoms with Gasteiger partial charge in [0.2, 0.25) is 0 Å². The maximum Gasteiger partial charge on any atom is 0.298 e. The van der Waals surface area contributed by atoms with Gasteiger partial charge in [0.15, 0.2) is 5.78 Å². The Labute approximate surface area is 147 Å². The lowest BCUT2D eigenvalue weighted by molar-refractivity contribution is 0.0826. The third kappa shape index (κ3) is 3.62. The fourth-order valence-electron chi connectivity index (χ4n) is 2.65. The Balaban J connectivity index is 1.90. The zero-order chi connectivity index (χ0) is 18.0. The molecule has 0 aromatic heterocycles. The number of hydrogen-bond acceptors (Lipinski definition) is 4. The van der Waals surface area contributed by atoms with Crippen molar-refractivity contribution in [2.24, 2.45) is 0 Å². The zero-order valence-electron chi connectivity index (χ0n) is 14.0. The van der Waals surface area contributed by atoms with Gasteiger partial charge in [0, 0.05) is 10.9 Å². The van der Waals surface area contributed by atoms with E-state index in [9.17, 15) is 13.2 Å². The van der Waals surface area contributed by atoms with Gasteiger partial charge in [-0.25, -0.2) is 0 Å². The molecule has 0 N–H and O–H groups in total. The molecule has 0 radical (unpaired) electrons. The number of carbonyl (C=O) groups excluding carboxylic acids is 1. The van der Waals surface area contributed by atoms with E-state index in [2.05, 4.69) is 0 Å². The first kappa shape index (κ1) is 17.3. The van der Waals surface area contributed by atoms with Crippen LogP contribution in [-0.2, 0) is 14.3 Å². The molecule has 3 rings (SSSR count). The van der Waals surface area contributed by atoms with E-state index in [0.717, 1.165) is 10.9 Å². The van der Waals surface area contributed by atoms with Crippen LogP contribution in [0.5, 0.6) is 0 Å². The quantitative estimate of drug-likeness (QED) is 0.511. The van der Waals surface area contributed by atoms with Gasteiger partial charge in [-0.2, -0.15) is 8.42 Å². The second kappa shape index (κ2) is 6.78. The third-order valence-corrected chi connectivity index (χ3v) is 5.43.